The Balaban J connectivity index is 0.00000144. The van der Waals surface area contributed by atoms with Gasteiger partial charge in [0.1, 0.15) is 0 Å². The van der Waals surface area contributed by atoms with Gasteiger partial charge in [0, 0.05) is 24.0 Å². The maximum absolute atomic E-state index is 5.90. The predicted molar refractivity (Wildman–Crippen MR) is 78.5 cm³/mol. The molecular formula is C12H20Cl2N2S. The molecule has 0 amide bonds. The van der Waals surface area contributed by atoms with Crippen molar-refractivity contribution < 1.29 is 0 Å². The van der Waals surface area contributed by atoms with Crippen LogP contribution in [-0.2, 0) is 6.54 Å². The molecule has 0 spiro atoms. The van der Waals surface area contributed by atoms with Gasteiger partial charge in [0.15, 0.2) is 0 Å². The molecule has 0 bridgehead atoms. The Bertz CT molecular complexity index is 335. The minimum atomic E-state index is 0. The summed E-state index contributed by atoms with van der Waals surface area (Å²) in [6, 6.07) is 4.76. The number of likely N-dealkylation sites (N-methyl/N-ethyl adjacent to an activating group) is 1. The molecule has 1 saturated carbocycles. The van der Waals surface area contributed by atoms with E-state index in [-0.39, 0.29) is 12.4 Å². The number of rotatable bonds is 6. The van der Waals surface area contributed by atoms with Gasteiger partial charge in [0.05, 0.1) is 4.34 Å². The highest BCUT2D eigenvalue weighted by Crippen LogP contribution is 2.34. The maximum atomic E-state index is 5.90. The van der Waals surface area contributed by atoms with Crippen molar-refractivity contribution in [2.45, 2.75) is 25.4 Å². The second-order valence-electron chi connectivity index (χ2n) is 4.71. The summed E-state index contributed by atoms with van der Waals surface area (Å²) in [6.07, 6.45) is 2.80. The summed E-state index contributed by atoms with van der Waals surface area (Å²) in [5.41, 5.74) is 0. The highest BCUT2D eigenvalue weighted by atomic mass is 35.5. The zero-order chi connectivity index (χ0) is 11.5. The van der Waals surface area contributed by atoms with Crippen molar-refractivity contribution in [2.75, 3.05) is 20.6 Å². The van der Waals surface area contributed by atoms with Gasteiger partial charge >= 0.3 is 0 Å². The molecule has 2 nitrogen and oxygen atoms in total. The molecule has 1 N–H and O–H groups in total. The topological polar surface area (TPSA) is 15.3 Å². The number of nitrogens with one attached hydrogen (secondary N) is 1. The third kappa shape index (κ3) is 4.76. The quantitative estimate of drug-likeness (QED) is 0.866. The maximum Gasteiger partial charge on any atom is 0.0931 e. The van der Waals surface area contributed by atoms with Gasteiger partial charge in [-0.1, -0.05) is 11.6 Å². The molecule has 1 atom stereocenters. The molecule has 1 aliphatic rings. The van der Waals surface area contributed by atoms with Gasteiger partial charge in [-0.25, -0.2) is 0 Å². The van der Waals surface area contributed by atoms with Crippen LogP contribution in [0.1, 0.15) is 17.7 Å². The average Bonchev–Trinajstić information content (AvgIpc) is 2.97. The van der Waals surface area contributed by atoms with Gasteiger partial charge in [-0.15, -0.1) is 23.7 Å². The number of nitrogens with zero attached hydrogens (tertiary/aromatic N) is 1. The fourth-order valence-electron chi connectivity index (χ4n) is 2.04. The van der Waals surface area contributed by atoms with Crippen LogP contribution in [0.5, 0.6) is 0 Å². The summed E-state index contributed by atoms with van der Waals surface area (Å²) in [5, 5.41) is 3.53. The summed E-state index contributed by atoms with van der Waals surface area (Å²) in [7, 11) is 4.35. The first-order valence-corrected chi connectivity index (χ1v) is 6.97. The van der Waals surface area contributed by atoms with E-state index in [2.05, 4.69) is 30.4 Å². The predicted octanol–water partition coefficient (Wildman–Crippen LogP) is 3.25. The van der Waals surface area contributed by atoms with E-state index in [4.69, 9.17) is 11.6 Å². The normalized spacial score (nSPS) is 16.9. The van der Waals surface area contributed by atoms with Gasteiger partial charge < -0.3 is 10.2 Å². The van der Waals surface area contributed by atoms with E-state index in [0.29, 0.717) is 6.04 Å². The van der Waals surface area contributed by atoms with Crippen LogP contribution < -0.4 is 5.32 Å². The fourth-order valence-corrected chi connectivity index (χ4v) is 3.10. The van der Waals surface area contributed by atoms with E-state index in [9.17, 15) is 0 Å². The molecule has 0 saturated heterocycles. The molecule has 0 aliphatic heterocycles. The Morgan fingerprint density at radius 3 is 2.65 bits per heavy atom. The number of hydrogen-bond donors (Lipinski definition) is 1. The van der Waals surface area contributed by atoms with Gasteiger partial charge in [0.25, 0.3) is 0 Å². The molecule has 0 radical (unpaired) electrons. The van der Waals surface area contributed by atoms with Crippen molar-refractivity contribution in [3.63, 3.8) is 0 Å². The molecule has 5 heteroatoms. The van der Waals surface area contributed by atoms with Crippen molar-refractivity contribution in [2.24, 2.45) is 5.92 Å². The highest BCUT2D eigenvalue weighted by molar-refractivity contribution is 7.16. The van der Waals surface area contributed by atoms with Crippen LogP contribution in [0.3, 0.4) is 0 Å². The van der Waals surface area contributed by atoms with Crippen LogP contribution in [-0.4, -0.2) is 31.6 Å². The van der Waals surface area contributed by atoms with E-state index >= 15 is 0 Å². The Morgan fingerprint density at radius 2 is 2.18 bits per heavy atom. The van der Waals surface area contributed by atoms with Crippen molar-refractivity contribution >= 4 is 35.3 Å². The minimum Gasteiger partial charge on any atom is -0.310 e. The van der Waals surface area contributed by atoms with Crippen LogP contribution in [0.15, 0.2) is 12.1 Å². The Kier molecular flexibility index (Phi) is 6.24. The molecule has 1 aliphatic carbocycles. The molecule has 2 rings (SSSR count). The molecule has 1 aromatic heterocycles. The summed E-state index contributed by atoms with van der Waals surface area (Å²) in [4.78, 5) is 3.66. The Hall–Kier alpha value is 0.200. The first kappa shape index (κ1) is 15.3. The first-order chi connectivity index (χ1) is 7.66. The van der Waals surface area contributed by atoms with Crippen LogP contribution in [0.2, 0.25) is 4.34 Å². The lowest BCUT2D eigenvalue weighted by atomic mass is 10.1. The molecule has 0 aromatic carbocycles. The van der Waals surface area contributed by atoms with Crippen LogP contribution in [0, 0.1) is 5.92 Å². The Labute approximate surface area is 119 Å². The zero-order valence-electron chi connectivity index (χ0n) is 10.3. The van der Waals surface area contributed by atoms with Gasteiger partial charge in [0.2, 0.25) is 0 Å². The fraction of sp³-hybridized carbons (Fsp3) is 0.667. The minimum absolute atomic E-state index is 0. The molecule has 1 unspecified atom stereocenters. The lowest BCUT2D eigenvalue weighted by molar-refractivity contribution is 0.255. The largest absolute Gasteiger partial charge is 0.310 e. The van der Waals surface area contributed by atoms with Gasteiger partial charge in [-0.05, 0) is 45.0 Å². The lowest BCUT2D eigenvalue weighted by Gasteiger charge is -2.24. The van der Waals surface area contributed by atoms with Crippen molar-refractivity contribution in [3.05, 3.63) is 21.3 Å². The van der Waals surface area contributed by atoms with E-state index in [1.807, 2.05) is 6.07 Å². The molecule has 1 fully saturated rings. The molecule has 17 heavy (non-hydrogen) atoms. The monoisotopic (exact) mass is 294 g/mol. The van der Waals surface area contributed by atoms with Crippen molar-refractivity contribution in [1.82, 2.24) is 10.2 Å². The van der Waals surface area contributed by atoms with Gasteiger partial charge in [-0.2, -0.15) is 0 Å². The highest BCUT2D eigenvalue weighted by Gasteiger charge is 2.31. The molecule has 1 heterocycles. The van der Waals surface area contributed by atoms with E-state index in [0.717, 1.165) is 23.3 Å². The van der Waals surface area contributed by atoms with E-state index < -0.39 is 0 Å². The lowest BCUT2D eigenvalue weighted by Crippen LogP contribution is -2.39. The average molecular weight is 295 g/mol. The summed E-state index contributed by atoms with van der Waals surface area (Å²) in [5.74, 6) is 0.912. The van der Waals surface area contributed by atoms with Crippen LogP contribution in [0.25, 0.3) is 0 Å². The molecule has 1 aromatic rings. The summed E-state index contributed by atoms with van der Waals surface area (Å²) in [6.45, 7) is 2.02. The van der Waals surface area contributed by atoms with Gasteiger partial charge in [-0.3, -0.25) is 0 Å². The smallest absolute Gasteiger partial charge is 0.0931 e. The molecular weight excluding hydrogens is 275 g/mol. The van der Waals surface area contributed by atoms with Crippen molar-refractivity contribution in [1.29, 1.82) is 0 Å². The second kappa shape index (κ2) is 6.95. The SMILES string of the molecule is CN(C)C(CNCc1ccc(Cl)s1)C1CC1.Cl. The standard InChI is InChI=1S/C12H19ClN2S.ClH/c1-15(2)11(9-3-4-9)8-14-7-10-5-6-12(13)16-10;/h5-6,9,11,14H,3-4,7-8H2,1-2H3;1H. The van der Waals surface area contributed by atoms with Crippen LogP contribution >= 0.6 is 35.3 Å². The number of halogens is 2. The summed E-state index contributed by atoms with van der Waals surface area (Å²) >= 11 is 7.56. The Morgan fingerprint density at radius 1 is 1.47 bits per heavy atom. The summed E-state index contributed by atoms with van der Waals surface area (Å²) < 4.78 is 0.878. The zero-order valence-corrected chi connectivity index (χ0v) is 12.7. The van der Waals surface area contributed by atoms with Crippen molar-refractivity contribution in [3.8, 4) is 0 Å². The van der Waals surface area contributed by atoms with E-state index in [1.165, 1.54) is 17.7 Å². The van der Waals surface area contributed by atoms with E-state index in [1.54, 1.807) is 11.3 Å². The first-order valence-electron chi connectivity index (χ1n) is 5.78. The third-order valence-electron chi connectivity index (χ3n) is 3.11. The third-order valence-corrected chi connectivity index (χ3v) is 4.34. The number of thiophene rings is 1. The molecule has 98 valence electrons. The number of hydrogen-bond acceptors (Lipinski definition) is 3. The van der Waals surface area contributed by atoms with Crippen LogP contribution in [0.4, 0.5) is 0 Å². The second-order valence-corrected chi connectivity index (χ2v) is 6.50.